The predicted molar refractivity (Wildman–Crippen MR) is 85.3 cm³/mol. The van der Waals surface area contributed by atoms with E-state index in [0.717, 1.165) is 25.9 Å². The number of hydrogen-bond acceptors (Lipinski definition) is 7. The smallest absolute Gasteiger partial charge is 0.306 e. The summed E-state index contributed by atoms with van der Waals surface area (Å²) in [6, 6.07) is -0.0142. The Morgan fingerprint density at radius 3 is 2.83 bits per heavy atom. The second-order valence-corrected chi connectivity index (χ2v) is 7.23. The molecule has 3 aliphatic heterocycles. The van der Waals surface area contributed by atoms with Crippen LogP contribution < -0.4 is 0 Å². The highest BCUT2D eigenvalue weighted by Crippen LogP contribution is 2.40. The van der Waals surface area contributed by atoms with Crippen molar-refractivity contribution in [1.82, 2.24) is 4.90 Å². The van der Waals surface area contributed by atoms with Crippen LogP contribution in [0.2, 0.25) is 0 Å². The molecule has 0 bridgehead atoms. The minimum atomic E-state index is -0.627. The Kier molecular flexibility index (Phi) is 5.46. The molecule has 7 nitrogen and oxygen atoms in total. The van der Waals surface area contributed by atoms with E-state index in [-0.39, 0.29) is 43.2 Å². The van der Waals surface area contributed by atoms with Gasteiger partial charge in [0.2, 0.25) is 0 Å². The second kappa shape index (κ2) is 7.25. The van der Waals surface area contributed by atoms with Gasteiger partial charge in [0.25, 0.3) is 0 Å². The van der Waals surface area contributed by atoms with Gasteiger partial charge in [0.05, 0.1) is 6.04 Å². The number of ether oxygens (including phenoxy) is 5. The summed E-state index contributed by atoms with van der Waals surface area (Å²) in [5, 5.41) is 0. The lowest BCUT2D eigenvalue weighted by Gasteiger charge is -2.43. The molecular weight excluding hydrogens is 314 g/mol. The molecule has 138 valence electrons. The van der Waals surface area contributed by atoms with E-state index < -0.39 is 5.79 Å². The molecule has 24 heavy (non-hydrogen) atoms. The highest BCUT2D eigenvalue weighted by Gasteiger charge is 2.57. The van der Waals surface area contributed by atoms with Crippen molar-refractivity contribution in [2.45, 2.75) is 76.3 Å². The average Bonchev–Trinajstić information content (AvgIpc) is 3.03. The van der Waals surface area contributed by atoms with E-state index in [9.17, 15) is 4.79 Å². The van der Waals surface area contributed by atoms with Crippen molar-refractivity contribution in [2.75, 3.05) is 27.0 Å². The summed E-state index contributed by atoms with van der Waals surface area (Å²) < 4.78 is 28.9. The van der Waals surface area contributed by atoms with Crippen molar-refractivity contribution in [3.05, 3.63) is 0 Å². The SMILES string of the molecule is CCCC(=O)O[C@@H]1CCN2C[C@@H]3OC(C)(C)O[C@H]3[C@H](OCOC)[C@@H]12. The van der Waals surface area contributed by atoms with Gasteiger partial charge in [-0.25, -0.2) is 0 Å². The minimum absolute atomic E-state index is 0.0142. The number of carbonyl (C=O) groups is 1. The van der Waals surface area contributed by atoms with Crippen molar-refractivity contribution in [2.24, 2.45) is 0 Å². The van der Waals surface area contributed by atoms with Crippen molar-refractivity contribution in [3.63, 3.8) is 0 Å². The summed E-state index contributed by atoms with van der Waals surface area (Å²) in [6.45, 7) is 7.63. The second-order valence-electron chi connectivity index (χ2n) is 7.23. The number of methoxy groups -OCH3 is 1. The van der Waals surface area contributed by atoms with Gasteiger partial charge in [0, 0.05) is 26.6 Å². The molecule has 0 aliphatic carbocycles. The molecule has 3 saturated heterocycles. The molecule has 0 N–H and O–H groups in total. The Morgan fingerprint density at radius 1 is 1.33 bits per heavy atom. The van der Waals surface area contributed by atoms with Crippen LogP contribution in [0.1, 0.15) is 40.0 Å². The number of rotatable bonds is 6. The first-order chi connectivity index (χ1) is 11.4. The molecule has 7 heteroatoms. The number of piperidine rings is 1. The molecule has 0 aromatic heterocycles. The van der Waals surface area contributed by atoms with E-state index in [2.05, 4.69) is 4.90 Å². The molecule has 3 fully saturated rings. The van der Waals surface area contributed by atoms with Crippen LogP contribution in [-0.4, -0.2) is 74.1 Å². The quantitative estimate of drug-likeness (QED) is 0.532. The van der Waals surface area contributed by atoms with Crippen LogP contribution in [-0.2, 0) is 28.5 Å². The molecule has 3 heterocycles. The molecule has 3 rings (SSSR count). The van der Waals surface area contributed by atoms with Crippen LogP contribution in [0.5, 0.6) is 0 Å². The van der Waals surface area contributed by atoms with Gasteiger partial charge in [0.15, 0.2) is 5.79 Å². The van der Waals surface area contributed by atoms with Crippen LogP contribution in [0.3, 0.4) is 0 Å². The van der Waals surface area contributed by atoms with E-state index in [4.69, 9.17) is 23.7 Å². The van der Waals surface area contributed by atoms with E-state index in [1.807, 2.05) is 20.8 Å². The molecule has 5 atom stereocenters. The first kappa shape index (κ1) is 18.1. The zero-order valence-electron chi connectivity index (χ0n) is 15.0. The van der Waals surface area contributed by atoms with Gasteiger partial charge in [0.1, 0.15) is 31.2 Å². The Balaban J connectivity index is 1.76. The van der Waals surface area contributed by atoms with Crippen LogP contribution >= 0.6 is 0 Å². The van der Waals surface area contributed by atoms with E-state index >= 15 is 0 Å². The fourth-order valence-electron chi connectivity index (χ4n) is 4.09. The normalized spacial score (nSPS) is 37.9. The van der Waals surface area contributed by atoms with E-state index in [1.54, 1.807) is 7.11 Å². The van der Waals surface area contributed by atoms with Gasteiger partial charge >= 0.3 is 5.97 Å². The van der Waals surface area contributed by atoms with Gasteiger partial charge < -0.3 is 23.7 Å². The number of fused-ring (bicyclic) bond motifs is 2. The van der Waals surface area contributed by atoms with Gasteiger partial charge in [-0.15, -0.1) is 0 Å². The molecule has 3 aliphatic rings. The fourth-order valence-corrected chi connectivity index (χ4v) is 4.09. The van der Waals surface area contributed by atoms with Crippen LogP contribution in [0.25, 0.3) is 0 Å². The largest absolute Gasteiger partial charge is 0.461 e. The summed E-state index contributed by atoms with van der Waals surface area (Å²) in [7, 11) is 1.60. The molecule has 0 radical (unpaired) electrons. The third-order valence-corrected chi connectivity index (χ3v) is 4.92. The van der Waals surface area contributed by atoms with Crippen molar-refractivity contribution in [3.8, 4) is 0 Å². The van der Waals surface area contributed by atoms with Gasteiger partial charge in [-0.05, 0) is 26.7 Å². The third kappa shape index (κ3) is 3.60. The van der Waals surface area contributed by atoms with Crippen LogP contribution in [0.4, 0.5) is 0 Å². The molecule has 0 aromatic carbocycles. The van der Waals surface area contributed by atoms with Gasteiger partial charge in [-0.1, -0.05) is 6.92 Å². The molecule has 0 unspecified atom stereocenters. The monoisotopic (exact) mass is 343 g/mol. The predicted octanol–water partition coefficient (Wildman–Crippen LogP) is 1.30. The van der Waals surface area contributed by atoms with Gasteiger partial charge in [-0.2, -0.15) is 0 Å². The topological polar surface area (TPSA) is 66.5 Å². The maximum absolute atomic E-state index is 12.0. The fraction of sp³-hybridized carbons (Fsp3) is 0.941. The highest BCUT2D eigenvalue weighted by molar-refractivity contribution is 5.69. The molecule has 0 spiro atoms. The zero-order chi connectivity index (χ0) is 17.3. The first-order valence-electron chi connectivity index (χ1n) is 8.85. The summed E-state index contributed by atoms with van der Waals surface area (Å²) in [5.74, 6) is -0.765. The van der Waals surface area contributed by atoms with Crippen LogP contribution in [0, 0.1) is 0 Å². The zero-order valence-corrected chi connectivity index (χ0v) is 15.0. The lowest BCUT2D eigenvalue weighted by Crippen LogP contribution is -2.61. The molecular formula is C17H29NO6. The van der Waals surface area contributed by atoms with Crippen molar-refractivity contribution in [1.29, 1.82) is 0 Å². The summed E-state index contributed by atoms with van der Waals surface area (Å²) >= 11 is 0. The van der Waals surface area contributed by atoms with Crippen molar-refractivity contribution >= 4 is 5.97 Å². The van der Waals surface area contributed by atoms with Crippen molar-refractivity contribution < 1.29 is 28.5 Å². The minimum Gasteiger partial charge on any atom is -0.461 e. The Bertz CT molecular complexity index is 456. The van der Waals surface area contributed by atoms with Crippen LogP contribution in [0.15, 0.2) is 0 Å². The molecule has 0 saturated carbocycles. The Morgan fingerprint density at radius 2 is 2.12 bits per heavy atom. The third-order valence-electron chi connectivity index (χ3n) is 4.92. The van der Waals surface area contributed by atoms with E-state index in [1.165, 1.54) is 0 Å². The lowest BCUT2D eigenvalue weighted by molar-refractivity contribution is -0.190. The number of hydrogen-bond donors (Lipinski definition) is 0. The molecule has 0 aromatic rings. The Labute approximate surface area is 143 Å². The number of nitrogens with zero attached hydrogens (tertiary/aromatic N) is 1. The van der Waals surface area contributed by atoms with Gasteiger partial charge in [-0.3, -0.25) is 9.69 Å². The maximum Gasteiger partial charge on any atom is 0.306 e. The maximum atomic E-state index is 12.0. The summed E-state index contributed by atoms with van der Waals surface area (Å²) in [6.07, 6.45) is 1.43. The number of carbonyl (C=O) groups excluding carboxylic acids is 1. The van der Waals surface area contributed by atoms with E-state index in [0.29, 0.717) is 6.42 Å². The molecule has 0 amide bonds. The summed E-state index contributed by atoms with van der Waals surface area (Å²) in [5.41, 5.74) is 0. The highest BCUT2D eigenvalue weighted by atomic mass is 16.8. The number of esters is 1. The average molecular weight is 343 g/mol. The summed E-state index contributed by atoms with van der Waals surface area (Å²) in [4.78, 5) is 14.3. The lowest BCUT2D eigenvalue weighted by atomic mass is 9.92. The Hall–Kier alpha value is -0.730. The standard InChI is InChI=1S/C17H29NO6/c1-5-6-13(19)22-11-7-8-18-9-12-15(24-17(2,3)23-12)16(14(11)18)21-10-20-4/h11-12,14-16H,5-10H2,1-4H3/t11-,12+,14-,15-,16-/m1/s1. The first-order valence-corrected chi connectivity index (χ1v) is 8.85.